The van der Waals surface area contributed by atoms with Crippen LogP contribution < -0.4 is 10.6 Å². The van der Waals surface area contributed by atoms with Crippen molar-refractivity contribution in [3.8, 4) is 0 Å². The first kappa shape index (κ1) is 16.9. The zero-order valence-electron chi connectivity index (χ0n) is 14.4. The Morgan fingerprint density at radius 2 is 2.04 bits per heavy atom. The number of benzene rings is 2. The summed E-state index contributed by atoms with van der Waals surface area (Å²) in [6.45, 7) is 9.57. The number of imidazole rings is 1. The molecule has 26 heavy (non-hydrogen) atoms. The minimum absolute atomic E-state index is 0.179. The monoisotopic (exact) mass is 365 g/mol. The smallest absolute Gasteiger partial charge is 0.206 e. The van der Waals surface area contributed by atoms with Gasteiger partial charge in [0.15, 0.2) is 5.69 Å². The molecule has 4 rings (SSSR count). The van der Waals surface area contributed by atoms with Crippen molar-refractivity contribution in [3.63, 3.8) is 0 Å². The Kier molecular flexibility index (Phi) is 4.54. The Hall–Kier alpha value is -2.55. The first-order valence-electron chi connectivity index (χ1n) is 8.77. The third-order valence-corrected chi connectivity index (χ3v) is 5.07. The fraction of sp³-hybridized carbons (Fsp3) is 0.300. The zero-order valence-corrected chi connectivity index (χ0v) is 15.2. The van der Waals surface area contributed by atoms with Crippen LogP contribution in [-0.2, 0) is 6.54 Å². The van der Waals surface area contributed by atoms with Gasteiger partial charge in [0.1, 0.15) is 0 Å². The number of aromatic nitrogens is 2. The average Bonchev–Trinajstić information content (AvgIpc) is 3.00. The second-order valence-electron chi connectivity index (χ2n) is 6.76. The fourth-order valence-corrected chi connectivity index (χ4v) is 3.70. The summed E-state index contributed by atoms with van der Waals surface area (Å²) in [5, 5.41) is 0.686. The van der Waals surface area contributed by atoms with Gasteiger partial charge in [0.05, 0.1) is 24.2 Å². The molecular weight excluding hydrogens is 346 g/mol. The summed E-state index contributed by atoms with van der Waals surface area (Å²) >= 11 is 6.17. The standard InChI is InChI=1S/C20H20ClN5/c1-23-17-7-4-14(5-8-17)12-26-19-9-6-15(21)11-18(19)24-20(26)25-10-2-3-16(22)13-25/h4-9,11,16H,2-3,10,12-13,22H2/t16-/m0/s1. The van der Waals surface area contributed by atoms with E-state index in [0.717, 1.165) is 48.5 Å². The topological polar surface area (TPSA) is 51.4 Å². The highest BCUT2D eigenvalue weighted by Crippen LogP contribution is 2.28. The highest BCUT2D eigenvalue weighted by atomic mass is 35.5. The molecule has 0 bridgehead atoms. The van der Waals surface area contributed by atoms with Gasteiger partial charge >= 0.3 is 0 Å². The van der Waals surface area contributed by atoms with Gasteiger partial charge in [-0.15, -0.1) is 0 Å². The number of hydrogen-bond donors (Lipinski definition) is 1. The molecule has 1 aliphatic heterocycles. The van der Waals surface area contributed by atoms with E-state index in [0.29, 0.717) is 17.3 Å². The molecule has 132 valence electrons. The molecule has 0 saturated carbocycles. The fourth-order valence-electron chi connectivity index (χ4n) is 3.54. The van der Waals surface area contributed by atoms with E-state index in [4.69, 9.17) is 28.9 Å². The lowest BCUT2D eigenvalue weighted by molar-refractivity contribution is 0.495. The molecule has 1 atom stereocenters. The first-order valence-corrected chi connectivity index (χ1v) is 9.14. The molecule has 0 amide bonds. The predicted molar refractivity (Wildman–Crippen MR) is 106 cm³/mol. The van der Waals surface area contributed by atoms with Gasteiger partial charge in [0, 0.05) is 24.2 Å². The number of nitrogens with two attached hydrogens (primary N) is 1. The van der Waals surface area contributed by atoms with Crippen LogP contribution in [0.1, 0.15) is 18.4 Å². The van der Waals surface area contributed by atoms with Crippen LogP contribution in [0.4, 0.5) is 11.6 Å². The second kappa shape index (κ2) is 6.99. The van der Waals surface area contributed by atoms with Gasteiger partial charge in [-0.3, -0.25) is 0 Å². The van der Waals surface area contributed by atoms with Gasteiger partial charge in [-0.25, -0.2) is 9.83 Å². The van der Waals surface area contributed by atoms with E-state index in [-0.39, 0.29) is 6.04 Å². The van der Waals surface area contributed by atoms with Crippen LogP contribution in [0.2, 0.25) is 5.02 Å². The van der Waals surface area contributed by atoms with E-state index in [2.05, 4.69) is 14.3 Å². The molecule has 2 heterocycles. The minimum Gasteiger partial charge on any atom is -0.341 e. The van der Waals surface area contributed by atoms with Gasteiger partial charge in [0.25, 0.3) is 0 Å². The van der Waals surface area contributed by atoms with Crippen molar-refractivity contribution >= 4 is 34.3 Å². The number of halogens is 1. The molecule has 0 aliphatic carbocycles. The molecule has 1 saturated heterocycles. The van der Waals surface area contributed by atoms with Crippen molar-refractivity contribution in [1.29, 1.82) is 0 Å². The maximum Gasteiger partial charge on any atom is 0.206 e. The van der Waals surface area contributed by atoms with Gasteiger partial charge in [-0.05, 0) is 36.6 Å². The van der Waals surface area contributed by atoms with E-state index < -0.39 is 0 Å². The van der Waals surface area contributed by atoms with Gasteiger partial charge in [-0.2, -0.15) is 0 Å². The highest BCUT2D eigenvalue weighted by Gasteiger charge is 2.22. The van der Waals surface area contributed by atoms with E-state index in [1.54, 1.807) is 0 Å². The number of anilines is 1. The van der Waals surface area contributed by atoms with Crippen LogP contribution in [0.15, 0.2) is 42.5 Å². The lowest BCUT2D eigenvalue weighted by Crippen LogP contribution is -2.44. The molecule has 1 fully saturated rings. The Morgan fingerprint density at radius 3 is 2.77 bits per heavy atom. The summed E-state index contributed by atoms with van der Waals surface area (Å²) < 4.78 is 2.22. The second-order valence-corrected chi connectivity index (χ2v) is 7.19. The van der Waals surface area contributed by atoms with Crippen molar-refractivity contribution in [1.82, 2.24) is 9.55 Å². The quantitative estimate of drug-likeness (QED) is 0.707. The van der Waals surface area contributed by atoms with Gasteiger partial charge < -0.3 is 15.2 Å². The molecular formula is C20H20ClN5. The van der Waals surface area contributed by atoms with Crippen molar-refractivity contribution in [3.05, 3.63) is 64.5 Å². The molecule has 6 heteroatoms. The number of fused-ring (bicyclic) bond motifs is 1. The zero-order chi connectivity index (χ0) is 18.1. The Morgan fingerprint density at radius 1 is 1.23 bits per heavy atom. The van der Waals surface area contributed by atoms with Gasteiger partial charge in [0.2, 0.25) is 5.95 Å². The van der Waals surface area contributed by atoms with Crippen molar-refractivity contribution in [2.75, 3.05) is 18.0 Å². The molecule has 3 aromatic rings. The number of hydrogen-bond acceptors (Lipinski definition) is 3. The van der Waals surface area contributed by atoms with E-state index >= 15 is 0 Å². The SMILES string of the molecule is [C-]#[N+]c1ccc(Cn2c(N3CCC[C@H](N)C3)nc3cc(Cl)ccc32)cc1. The molecule has 0 radical (unpaired) electrons. The number of nitrogens with zero attached hydrogens (tertiary/aromatic N) is 4. The minimum atomic E-state index is 0.179. The molecule has 1 aromatic heterocycles. The lowest BCUT2D eigenvalue weighted by atomic mass is 10.1. The normalized spacial score (nSPS) is 17.4. The maximum absolute atomic E-state index is 7.10. The van der Waals surface area contributed by atoms with Crippen LogP contribution in [0.25, 0.3) is 15.9 Å². The molecule has 0 unspecified atom stereocenters. The summed E-state index contributed by atoms with van der Waals surface area (Å²) in [6, 6.07) is 13.7. The van der Waals surface area contributed by atoms with Crippen molar-refractivity contribution < 1.29 is 0 Å². The summed E-state index contributed by atoms with van der Waals surface area (Å²) in [5.74, 6) is 0.937. The third kappa shape index (κ3) is 3.26. The molecule has 2 N–H and O–H groups in total. The van der Waals surface area contributed by atoms with Crippen LogP contribution >= 0.6 is 11.6 Å². The highest BCUT2D eigenvalue weighted by molar-refractivity contribution is 6.31. The maximum atomic E-state index is 7.10. The van der Waals surface area contributed by atoms with Crippen LogP contribution in [0, 0.1) is 6.57 Å². The van der Waals surface area contributed by atoms with Crippen molar-refractivity contribution in [2.24, 2.45) is 5.73 Å². The summed E-state index contributed by atoms with van der Waals surface area (Å²) in [7, 11) is 0. The van der Waals surface area contributed by atoms with Crippen LogP contribution in [0.3, 0.4) is 0 Å². The molecule has 2 aromatic carbocycles. The summed E-state index contributed by atoms with van der Waals surface area (Å²) in [4.78, 5) is 10.6. The van der Waals surface area contributed by atoms with E-state index in [1.807, 2.05) is 42.5 Å². The third-order valence-electron chi connectivity index (χ3n) is 4.84. The Labute approximate surface area is 157 Å². The van der Waals surface area contributed by atoms with Gasteiger partial charge in [-0.1, -0.05) is 35.9 Å². The molecule has 5 nitrogen and oxygen atoms in total. The van der Waals surface area contributed by atoms with Crippen molar-refractivity contribution in [2.45, 2.75) is 25.4 Å². The molecule has 1 aliphatic rings. The Bertz CT molecular complexity index is 970. The number of rotatable bonds is 3. The van der Waals surface area contributed by atoms with E-state index in [1.165, 1.54) is 0 Å². The molecule has 0 spiro atoms. The van der Waals surface area contributed by atoms with Crippen LogP contribution in [0.5, 0.6) is 0 Å². The number of piperidine rings is 1. The van der Waals surface area contributed by atoms with E-state index in [9.17, 15) is 0 Å². The average molecular weight is 366 g/mol. The van der Waals surface area contributed by atoms with Crippen LogP contribution in [-0.4, -0.2) is 28.7 Å². The Balaban J connectivity index is 1.77. The summed E-state index contributed by atoms with van der Waals surface area (Å²) in [6.07, 6.45) is 2.13. The first-order chi connectivity index (χ1) is 12.6. The largest absolute Gasteiger partial charge is 0.341 e. The predicted octanol–water partition coefficient (Wildman–Crippen LogP) is 4.22. The lowest BCUT2D eigenvalue weighted by Gasteiger charge is -2.32. The summed E-state index contributed by atoms with van der Waals surface area (Å²) in [5.41, 5.74) is 9.92.